The number of nitrogens with zero attached hydrogens (tertiary/aromatic N) is 1. The van der Waals surface area contributed by atoms with Gasteiger partial charge in [0.05, 0.1) is 6.04 Å². The molecular weight excluding hydrogens is 308 g/mol. The minimum atomic E-state index is -0.246. The molecule has 0 aromatic heterocycles. The maximum atomic E-state index is 13.0. The number of amides is 1. The van der Waals surface area contributed by atoms with Gasteiger partial charge < -0.3 is 10.6 Å². The highest BCUT2D eigenvalue weighted by Gasteiger charge is 2.33. The zero-order chi connectivity index (χ0) is 17.8. The molecule has 3 atom stereocenters. The molecule has 3 rings (SSSR count). The summed E-state index contributed by atoms with van der Waals surface area (Å²) in [5.41, 5.74) is 9.80. The van der Waals surface area contributed by atoms with Crippen molar-refractivity contribution in [3.8, 4) is 0 Å². The average Bonchev–Trinajstić information content (AvgIpc) is 2.63. The van der Waals surface area contributed by atoms with Gasteiger partial charge in [-0.05, 0) is 36.8 Å². The van der Waals surface area contributed by atoms with E-state index in [1.54, 1.807) is 0 Å². The average molecular weight is 336 g/mol. The van der Waals surface area contributed by atoms with Gasteiger partial charge in [0, 0.05) is 19.0 Å². The molecule has 0 aliphatic carbocycles. The van der Waals surface area contributed by atoms with Crippen LogP contribution in [0.1, 0.15) is 55.0 Å². The smallest absolute Gasteiger partial charge is 0.225 e. The van der Waals surface area contributed by atoms with Gasteiger partial charge in [0.15, 0.2) is 0 Å². The van der Waals surface area contributed by atoms with Crippen LogP contribution >= 0.6 is 0 Å². The van der Waals surface area contributed by atoms with Crippen molar-refractivity contribution in [2.45, 2.75) is 45.2 Å². The van der Waals surface area contributed by atoms with Crippen LogP contribution in [0.25, 0.3) is 0 Å². The molecule has 1 saturated heterocycles. The number of hydrogen-bond acceptors (Lipinski definition) is 2. The molecule has 0 bridgehead atoms. The Labute approximate surface area is 150 Å². The number of nitrogens with two attached hydrogens (primary N) is 1. The molecule has 0 radical (unpaired) electrons. The summed E-state index contributed by atoms with van der Waals surface area (Å²) in [5, 5.41) is 0. The molecular formula is C22H28N2O. The molecule has 1 amide bonds. The molecule has 132 valence electrons. The first-order chi connectivity index (χ1) is 12.1. The number of carbonyl (C=O) groups is 1. The second-order valence-electron chi connectivity index (χ2n) is 7.28. The maximum Gasteiger partial charge on any atom is 0.225 e. The predicted molar refractivity (Wildman–Crippen MR) is 102 cm³/mol. The quantitative estimate of drug-likeness (QED) is 0.900. The summed E-state index contributed by atoms with van der Waals surface area (Å²) in [6, 6.07) is 18.4. The third kappa shape index (κ3) is 4.10. The Morgan fingerprint density at radius 2 is 1.84 bits per heavy atom. The lowest BCUT2D eigenvalue weighted by Crippen LogP contribution is -2.43. The third-order valence-electron chi connectivity index (χ3n) is 5.29. The normalized spacial score (nSPS) is 21.8. The van der Waals surface area contributed by atoms with Crippen molar-refractivity contribution >= 4 is 5.91 Å². The predicted octanol–water partition coefficient (Wildman–Crippen LogP) is 4.38. The van der Waals surface area contributed by atoms with E-state index in [9.17, 15) is 4.79 Å². The summed E-state index contributed by atoms with van der Waals surface area (Å²) < 4.78 is 0. The molecule has 3 heteroatoms. The van der Waals surface area contributed by atoms with Gasteiger partial charge in [-0.3, -0.25) is 4.79 Å². The van der Waals surface area contributed by atoms with Crippen molar-refractivity contribution in [3.05, 3.63) is 71.3 Å². The molecule has 1 aliphatic rings. The van der Waals surface area contributed by atoms with Crippen LogP contribution in [0.4, 0.5) is 0 Å². The topological polar surface area (TPSA) is 46.3 Å². The first-order valence-electron chi connectivity index (χ1n) is 9.23. The monoisotopic (exact) mass is 336 g/mol. The SMILES string of the molecule is Cc1ccc(C2C(C)CCCN2C(=O)CC(N)c2ccccc2)cc1. The molecule has 3 unspecified atom stereocenters. The van der Waals surface area contributed by atoms with E-state index in [0.29, 0.717) is 12.3 Å². The second-order valence-corrected chi connectivity index (χ2v) is 7.28. The Morgan fingerprint density at radius 1 is 1.16 bits per heavy atom. The molecule has 1 aliphatic heterocycles. The van der Waals surface area contributed by atoms with Gasteiger partial charge in [-0.2, -0.15) is 0 Å². The number of carbonyl (C=O) groups excluding carboxylic acids is 1. The lowest BCUT2D eigenvalue weighted by atomic mass is 9.85. The second kappa shape index (κ2) is 7.83. The van der Waals surface area contributed by atoms with Crippen molar-refractivity contribution in [2.75, 3.05) is 6.54 Å². The van der Waals surface area contributed by atoms with Gasteiger partial charge in [-0.1, -0.05) is 67.1 Å². The van der Waals surface area contributed by atoms with Gasteiger partial charge in [-0.15, -0.1) is 0 Å². The van der Waals surface area contributed by atoms with Crippen LogP contribution in [0, 0.1) is 12.8 Å². The largest absolute Gasteiger partial charge is 0.335 e. The summed E-state index contributed by atoms with van der Waals surface area (Å²) in [7, 11) is 0. The fourth-order valence-corrected chi connectivity index (χ4v) is 3.86. The highest BCUT2D eigenvalue weighted by Crippen LogP contribution is 2.36. The van der Waals surface area contributed by atoms with Crippen molar-refractivity contribution in [1.29, 1.82) is 0 Å². The van der Waals surface area contributed by atoms with Crippen LogP contribution in [0.2, 0.25) is 0 Å². The zero-order valence-electron chi connectivity index (χ0n) is 15.2. The molecule has 25 heavy (non-hydrogen) atoms. The highest BCUT2D eigenvalue weighted by atomic mass is 16.2. The summed E-state index contributed by atoms with van der Waals surface area (Å²) in [4.78, 5) is 15.1. The van der Waals surface area contributed by atoms with Crippen LogP contribution in [-0.4, -0.2) is 17.4 Å². The number of rotatable bonds is 4. The Kier molecular flexibility index (Phi) is 5.54. The Hall–Kier alpha value is -2.13. The standard InChI is InChI=1S/C22H28N2O/c1-16-10-12-19(13-11-16)22-17(2)7-6-14-24(22)21(25)15-20(23)18-8-4-3-5-9-18/h3-5,8-13,17,20,22H,6-7,14-15,23H2,1-2H3. The summed E-state index contributed by atoms with van der Waals surface area (Å²) in [5.74, 6) is 0.627. The van der Waals surface area contributed by atoms with Crippen molar-refractivity contribution < 1.29 is 4.79 Å². The Bertz CT molecular complexity index is 696. The van der Waals surface area contributed by atoms with E-state index in [-0.39, 0.29) is 18.0 Å². The molecule has 1 heterocycles. The molecule has 3 nitrogen and oxygen atoms in total. The third-order valence-corrected chi connectivity index (χ3v) is 5.29. The van der Waals surface area contributed by atoms with E-state index >= 15 is 0 Å². The fraction of sp³-hybridized carbons (Fsp3) is 0.409. The van der Waals surface area contributed by atoms with Gasteiger partial charge in [0.1, 0.15) is 0 Å². The lowest BCUT2D eigenvalue weighted by molar-refractivity contribution is -0.137. The molecule has 0 saturated carbocycles. The van der Waals surface area contributed by atoms with E-state index in [1.165, 1.54) is 11.1 Å². The van der Waals surface area contributed by atoms with Crippen molar-refractivity contribution in [2.24, 2.45) is 11.7 Å². The molecule has 2 N–H and O–H groups in total. The number of aryl methyl sites for hydroxylation is 1. The van der Waals surface area contributed by atoms with Crippen molar-refractivity contribution in [3.63, 3.8) is 0 Å². The van der Waals surface area contributed by atoms with E-state index in [0.717, 1.165) is 24.9 Å². The van der Waals surface area contributed by atoms with Gasteiger partial charge in [0.25, 0.3) is 0 Å². The Balaban J connectivity index is 1.77. The number of hydrogen-bond donors (Lipinski definition) is 1. The van der Waals surface area contributed by atoms with Crippen LogP contribution in [-0.2, 0) is 4.79 Å². The Morgan fingerprint density at radius 3 is 2.52 bits per heavy atom. The van der Waals surface area contributed by atoms with Crippen LogP contribution in [0.3, 0.4) is 0 Å². The number of benzene rings is 2. The minimum absolute atomic E-state index is 0.157. The van der Waals surface area contributed by atoms with E-state index in [4.69, 9.17) is 5.73 Å². The summed E-state index contributed by atoms with van der Waals surface area (Å²) >= 11 is 0. The highest BCUT2D eigenvalue weighted by molar-refractivity contribution is 5.77. The van der Waals surface area contributed by atoms with E-state index in [1.807, 2.05) is 30.3 Å². The number of piperidine rings is 1. The van der Waals surface area contributed by atoms with E-state index in [2.05, 4.69) is 43.0 Å². The summed E-state index contributed by atoms with van der Waals surface area (Å²) in [6.45, 7) is 5.17. The minimum Gasteiger partial charge on any atom is -0.335 e. The van der Waals surface area contributed by atoms with Gasteiger partial charge in [0.2, 0.25) is 5.91 Å². The molecule has 2 aromatic rings. The lowest BCUT2D eigenvalue weighted by Gasteiger charge is -2.41. The molecule has 2 aromatic carbocycles. The number of likely N-dealkylation sites (tertiary alicyclic amines) is 1. The summed E-state index contributed by atoms with van der Waals surface area (Å²) in [6.07, 6.45) is 2.59. The first kappa shape index (κ1) is 17.7. The first-order valence-corrected chi connectivity index (χ1v) is 9.23. The molecule has 1 fully saturated rings. The fourth-order valence-electron chi connectivity index (χ4n) is 3.86. The maximum absolute atomic E-state index is 13.0. The van der Waals surface area contributed by atoms with Crippen LogP contribution in [0.15, 0.2) is 54.6 Å². The van der Waals surface area contributed by atoms with Gasteiger partial charge in [-0.25, -0.2) is 0 Å². The zero-order valence-corrected chi connectivity index (χ0v) is 15.2. The van der Waals surface area contributed by atoms with Crippen LogP contribution < -0.4 is 5.73 Å². The van der Waals surface area contributed by atoms with Gasteiger partial charge >= 0.3 is 0 Å². The van der Waals surface area contributed by atoms with E-state index < -0.39 is 0 Å². The van der Waals surface area contributed by atoms with Crippen LogP contribution in [0.5, 0.6) is 0 Å². The van der Waals surface area contributed by atoms with Crippen molar-refractivity contribution in [1.82, 2.24) is 4.90 Å². The molecule has 0 spiro atoms.